The third kappa shape index (κ3) is 24.1. The fourth-order valence-corrected chi connectivity index (χ4v) is 1.70. The van der Waals surface area contributed by atoms with Crippen LogP contribution >= 0.6 is 0 Å². The Kier molecular flexibility index (Phi) is 23.7. The minimum absolute atomic E-state index is 0.0129. The molecule has 0 aromatic carbocycles. The fraction of sp³-hybridized carbons (Fsp3) is 0.733. The van der Waals surface area contributed by atoms with Gasteiger partial charge < -0.3 is 38.3 Å². The van der Waals surface area contributed by atoms with Crippen LogP contribution in [-0.4, -0.2) is 94.2 Å². The average molecular weight is 499 g/mol. The van der Waals surface area contributed by atoms with E-state index >= 15 is 0 Å². The first-order valence-electron chi connectivity index (χ1n) is 8.88. The number of aliphatic carboxylic acids is 2. The Morgan fingerprint density at radius 1 is 0.900 bits per heavy atom. The number of aliphatic imine (C=N–C) groups is 1. The molecule has 176 valence electrons. The second-order valence-corrected chi connectivity index (χ2v) is 6.21. The van der Waals surface area contributed by atoms with Crippen LogP contribution in [0.4, 0.5) is 0 Å². The van der Waals surface area contributed by atoms with Crippen LogP contribution in [0.25, 0.3) is 0 Å². The molecule has 0 saturated heterocycles. The van der Waals surface area contributed by atoms with Gasteiger partial charge in [-0.2, -0.15) is 0 Å². The summed E-state index contributed by atoms with van der Waals surface area (Å²) >= 11 is 1.75. The summed E-state index contributed by atoms with van der Waals surface area (Å²) in [6.07, 6.45) is 3.38. The maximum Gasteiger partial charge on any atom is 0.322 e. The first kappa shape index (κ1) is 32.7. The van der Waals surface area contributed by atoms with Crippen LogP contribution in [0.2, 0.25) is 0 Å². The number of nitrogens with two attached hydrogens (primary N) is 6. The number of rotatable bonds is 12. The van der Waals surface area contributed by atoms with Crippen LogP contribution in [0.1, 0.15) is 32.1 Å². The zero-order valence-corrected chi connectivity index (χ0v) is 18.6. The van der Waals surface area contributed by atoms with E-state index in [2.05, 4.69) is 8.72 Å². The van der Waals surface area contributed by atoms with Gasteiger partial charge in [0.1, 0.15) is 12.1 Å². The van der Waals surface area contributed by atoms with Crippen LogP contribution in [0.5, 0.6) is 0 Å². The second kappa shape index (κ2) is 21.7. The summed E-state index contributed by atoms with van der Waals surface area (Å²) < 4.78 is 4.38. The number of carboxylic acids is 2. The average Bonchev–Trinajstić information content (AvgIpc) is 2.70. The van der Waals surface area contributed by atoms with E-state index in [4.69, 9.17) is 49.7 Å². The molecule has 30 heavy (non-hydrogen) atoms. The fourth-order valence-electron chi connectivity index (χ4n) is 1.42. The Bertz CT molecular complexity index is 508. The van der Waals surface area contributed by atoms with Crippen molar-refractivity contribution in [3.63, 3.8) is 0 Å². The molecule has 0 aromatic rings. The zero-order chi connectivity index (χ0) is 24.1. The third-order valence-corrected chi connectivity index (χ3v) is 3.54. The van der Waals surface area contributed by atoms with E-state index in [1.165, 1.54) is 0 Å². The third-order valence-electron chi connectivity index (χ3n) is 3.16. The predicted octanol–water partition coefficient (Wildman–Crippen LogP) is -4.09. The molecule has 0 heterocycles. The SMILES string of the molecule is NC(N)=NCCC[C@H](N)C(=O)O.NCCCC[C@H](N)C(=O)O[As].N[C@@H](CO)C(=O)O. The molecule has 3 atom stereocenters. The van der Waals surface area contributed by atoms with Crippen molar-refractivity contribution in [2.45, 2.75) is 50.2 Å². The molecule has 0 aliphatic carbocycles. The van der Waals surface area contributed by atoms with Gasteiger partial charge in [-0.1, -0.05) is 0 Å². The molecule has 0 unspecified atom stereocenters. The summed E-state index contributed by atoms with van der Waals surface area (Å²) in [5.74, 6) is -2.54. The molecule has 2 radical (unpaired) electrons. The summed E-state index contributed by atoms with van der Waals surface area (Å²) in [5.41, 5.74) is 30.8. The number of carbonyl (C=O) groups is 3. The molecule has 0 fully saturated rings. The van der Waals surface area contributed by atoms with Crippen molar-refractivity contribution < 1.29 is 33.4 Å². The largest absolute Gasteiger partial charge is 0.480 e. The molecular formula is C15H34AsN7O7. The molecule has 0 rings (SSSR count). The number of carbonyl (C=O) groups excluding carboxylic acids is 1. The molecule has 0 spiro atoms. The van der Waals surface area contributed by atoms with Gasteiger partial charge in [0.25, 0.3) is 0 Å². The smallest absolute Gasteiger partial charge is 0.322 e. The second-order valence-electron chi connectivity index (χ2n) is 5.82. The van der Waals surface area contributed by atoms with Crippen LogP contribution in [0.15, 0.2) is 4.99 Å². The summed E-state index contributed by atoms with van der Waals surface area (Å²) in [7, 11) is 0. The monoisotopic (exact) mass is 499 g/mol. The van der Waals surface area contributed by atoms with Gasteiger partial charge in [-0.3, -0.25) is 14.6 Å². The molecule has 15 heteroatoms. The number of aliphatic hydroxyl groups is 1. The standard InChI is InChI=1S/C6H13AsN2O2.C6H14N4O2.C3H7NO3/c7-11-6(10)5(9)3-1-2-4-8;7-4(5(11)12)2-1-3-10-6(8)9;4-2(1-5)3(6)7/h5H,1-4,8-9H2;4H,1-3,7H2,(H,11,12)(H4,8,9,10);2,5H,1,4H2,(H,6,7)/t5-;4-;2-/m000/s1. The summed E-state index contributed by atoms with van der Waals surface area (Å²) in [6.45, 7) is 0.558. The van der Waals surface area contributed by atoms with Gasteiger partial charge in [-0.05, 0) is 12.8 Å². The predicted molar refractivity (Wildman–Crippen MR) is 111 cm³/mol. The van der Waals surface area contributed by atoms with Crippen LogP contribution in [0.3, 0.4) is 0 Å². The zero-order valence-electron chi connectivity index (χ0n) is 16.7. The van der Waals surface area contributed by atoms with Gasteiger partial charge in [-0.25, -0.2) is 0 Å². The molecule has 0 aliphatic rings. The van der Waals surface area contributed by atoms with E-state index in [1.54, 1.807) is 17.2 Å². The van der Waals surface area contributed by atoms with E-state index in [1.807, 2.05) is 0 Å². The van der Waals surface area contributed by atoms with Crippen molar-refractivity contribution in [3.8, 4) is 0 Å². The Labute approximate surface area is 184 Å². The van der Waals surface area contributed by atoms with Gasteiger partial charge in [0.05, 0.1) is 6.61 Å². The van der Waals surface area contributed by atoms with Crippen molar-refractivity contribution in [1.29, 1.82) is 0 Å². The van der Waals surface area contributed by atoms with Crippen molar-refractivity contribution >= 4 is 41.1 Å². The first-order valence-corrected chi connectivity index (χ1v) is 9.64. The minimum Gasteiger partial charge on any atom is -0.480 e. The molecule has 0 bridgehead atoms. The Balaban J connectivity index is -0.000000378. The maximum atomic E-state index is 10.7. The molecule has 0 aliphatic heterocycles. The van der Waals surface area contributed by atoms with E-state index in [0.29, 0.717) is 32.4 Å². The first-order chi connectivity index (χ1) is 13.9. The minimum atomic E-state index is -1.18. The van der Waals surface area contributed by atoms with Crippen molar-refractivity contribution in [2.75, 3.05) is 19.7 Å². The Hall–Kier alpha value is -1.96. The van der Waals surface area contributed by atoms with Gasteiger partial charge in [-0.15, -0.1) is 0 Å². The van der Waals surface area contributed by atoms with Crippen molar-refractivity contribution in [1.82, 2.24) is 0 Å². The number of hydrogen-bond acceptors (Lipinski definition) is 10. The molecule has 15 N–H and O–H groups in total. The van der Waals surface area contributed by atoms with Crippen LogP contribution in [-0.2, 0) is 18.1 Å². The van der Waals surface area contributed by atoms with Gasteiger partial charge in [0.15, 0.2) is 5.96 Å². The van der Waals surface area contributed by atoms with E-state index in [-0.39, 0.29) is 11.9 Å². The van der Waals surface area contributed by atoms with Gasteiger partial charge in [0, 0.05) is 6.54 Å². The number of unbranched alkanes of at least 4 members (excludes halogenated alkanes) is 1. The Morgan fingerprint density at radius 2 is 1.40 bits per heavy atom. The molecular weight excluding hydrogens is 465 g/mol. The number of aliphatic hydroxyl groups excluding tert-OH is 1. The summed E-state index contributed by atoms with van der Waals surface area (Å²) in [4.78, 5) is 34.3. The molecule has 0 aromatic heterocycles. The quantitative estimate of drug-likeness (QED) is 0.0534. The van der Waals surface area contributed by atoms with Crippen LogP contribution in [0, 0.1) is 0 Å². The van der Waals surface area contributed by atoms with E-state index < -0.39 is 36.7 Å². The maximum absolute atomic E-state index is 10.7. The summed E-state index contributed by atoms with van der Waals surface area (Å²) in [5, 5.41) is 24.3. The van der Waals surface area contributed by atoms with E-state index in [9.17, 15) is 14.4 Å². The van der Waals surface area contributed by atoms with Crippen LogP contribution < -0.4 is 34.4 Å². The van der Waals surface area contributed by atoms with Gasteiger partial charge in [0.2, 0.25) is 0 Å². The number of nitrogens with zero attached hydrogens (tertiary/aromatic N) is 1. The van der Waals surface area contributed by atoms with Gasteiger partial charge >= 0.3 is 86.9 Å². The topological polar surface area (TPSA) is 290 Å². The molecule has 0 saturated carbocycles. The normalized spacial score (nSPS) is 12.6. The van der Waals surface area contributed by atoms with E-state index in [0.717, 1.165) is 12.8 Å². The molecule has 14 nitrogen and oxygen atoms in total. The number of guanidine groups is 1. The number of carboxylic acid groups (broad SMARTS) is 2. The number of hydrogen-bond donors (Lipinski definition) is 9. The Morgan fingerprint density at radius 3 is 1.73 bits per heavy atom. The summed E-state index contributed by atoms with van der Waals surface area (Å²) in [6, 6.07) is -2.44. The molecule has 0 amide bonds. The van der Waals surface area contributed by atoms with Crippen molar-refractivity contribution in [2.24, 2.45) is 39.4 Å². The van der Waals surface area contributed by atoms with Crippen molar-refractivity contribution in [3.05, 3.63) is 0 Å².